The van der Waals surface area contributed by atoms with E-state index in [1.807, 2.05) is 32.9 Å². The summed E-state index contributed by atoms with van der Waals surface area (Å²) < 4.78 is 0.375. The maximum absolute atomic E-state index is 10.7. The van der Waals surface area contributed by atoms with E-state index in [1.54, 1.807) is 0 Å². The molecule has 0 aliphatic heterocycles. The Morgan fingerprint density at radius 3 is 2.10 bits per heavy atom. The van der Waals surface area contributed by atoms with Crippen LogP contribution in [-0.4, -0.2) is 19.7 Å². The molecule has 0 bridgehead atoms. The van der Waals surface area contributed by atoms with Crippen molar-refractivity contribution in [2.45, 2.75) is 88.6 Å². The minimum Gasteiger partial charge on any atom is -0.508 e. The van der Waals surface area contributed by atoms with Crippen molar-refractivity contribution in [2.75, 3.05) is 0 Å². The molecule has 2 atom stereocenters. The lowest BCUT2D eigenvalue weighted by atomic mass is 9.69. The van der Waals surface area contributed by atoms with Gasteiger partial charge < -0.3 is 10.2 Å². The van der Waals surface area contributed by atoms with Gasteiger partial charge in [-0.3, -0.25) is 0 Å². The van der Waals surface area contributed by atoms with Crippen LogP contribution in [0.15, 0.2) is 42.5 Å². The summed E-state index contributed by atoms with van der Waals surface area (Å²) in [6.07, 6.45) is 8.57. The second kappa shape index (κ2) is 11.0. The molecule has 170 valence electrons. The molecule has 2 unspecified atom stereocenters. The highest BCUT2D eigenvalue weighted by Crippen LogP contribution is 2.44. The van der Waals surface area contributed by atoms with E-state index in [9.17, 15) is 10.2 Å². The van der Waals surface area contributed by atoms with Gasteiger partial charge in [0.15, 0.2) is 0 Å². The maximum atomic E-state index is 10.7. The number of aromatic hydroxyl groups is 1. The first-order valence-corrected chi connectivity index (χ1v) is 12.9. The van der Waals surface area contributed by atoms with E-state index < -0.39 is 5.60 Å². The molecule has 0 amide bonds. The normalized spacial score (nSPS) is 15.2. The molecule has 0 fully saturated rings. The monoisotopic (exact) mass is 534 g/mol. The molecule has 0 heterocycles. The zero-order valence-electron chi connectivity index (χ0n) is 20.0. The number of phenols is 1. The van der Waals surface area contributed by atoms with Crippen molar-refractivity contribution in [1.29, 1.82) is 0 Å². The van der Waals surface area contributed by atoms with E-state index in [2.05, 4.69) is 79.8 Å². The summed E-state index contributed by atoms with van der Waals surface area (Å²) in [7, 11) is 0. The van der Waals surface area contributed by atoms with Crippen molar-refractivity contribution in [2.24, 2.45) is 0 Å². The first-order chi connectivity index (χ1) is 14.7. The van der Waals surface area contributed by atoms with Gasteiger partial charge in [0.2, 0.25) is 0 Å². The molecule has 0 aliphatic rings. The van der Waals surface area contributed by atoms with Gasteiger partial charge >= 0.3 is 0 Å². The number of aryl methyl sites for hydroxylation is 2. The summed E-state index contributed by atoms with van der Waals surface area (Å²) in [4.78, 5) is 0. The predicted molar refractivity (Wildman–Crippen MR) is 142 cm³/mol. The average molecular weight is 535 g/mol. The van der Waals surface area contributed by atoms with E-state index >= 15 is 0 Å². The third kappa shape index (κ3) is 5.54. The van der Waals surface area contributed by atoms with Crippen molar-refractivity contribution in [1.82, 2.24) is 0 Å². The van der Waals surface area contributed by atoms with Crippen LogP contribution in [0.2, 0.25) is 0 Å². The van der Waals surface area contributed by atoms with Crippen LogP contribution in [0.1, 0.15) is 88.1 Å². The van der Waals surface area contributed by atoms with Crippen LogP contribution in [0.25, 0.3) is 6.08 Å². The Kier molecular flexibility index (Phi) is 9.20. The van der Waals surface area contributed by atoms with E-state index in [0.717, 1.165) is 24.8 Å². The molecule has 0 saturated carbocycles. The molecule has 2 nitrogen and oxygen atoms in total. The van der Waals surface area contributed by atoms with Gasteiger partial charge in [0.05, 0.1) is 5.60 Å². The lowest BCUT2D eigenvalue weighted by molar-refractivity contribution is 0.0836. The number of phenolic OH excluding ortho intramolecular Hbond substituents is 1. The Morgan fingerprint density at radius 2 is 1.58 bits per heavy atom. The smallest absolute Gasteiger partial charge is 0.118 e. The highest BCUT2D eigenvalue weighted by Gasteiger charge is 2.37. The fourth-order valence-corrected chi connectivity index (χ4v) is 5.67. The molecule has 2 aromatic rings. The molecule has 0 aromatic heterocycles. The van der Waals surface area contributed by atoms with Gasteiger partial charge in [-0.05, 0) is 66.5 Å². The maximum Gasteiger partial charge on any atom is 0.118 e. The number of aliphatic hydroxyl groups is 1. The van der Waals surface area contributed by atoms with Crippen LogP contribution < -0.4 is 0 Å². The number of benzene rings is 2. The van der Waals surface area contributed by atoms with Crippen molar-refractivity contribution < 1.29 is 10.2 Å². The van der Waals surface area contributed by atoms with Gasteiger partial charge in [0, 0.05) is 9.34 Å². The predicted octanol–water partition coefficient (Wildman–Crippen LogP) is 7.74. The summed E-state index contributed by atoms with van der Waals surface area (Å²) in [5.74, 6) is 0.348. The standard InChI is InChI=1S/C28H39IO2/c1-7-11-23-19-25(13-12-22(23)16-17-27(31,8-2)9-3)28(10-4,21(6)29)24-14-15-26(30)20(5)18-24/h12-19,21,30-31H,7-11H2,1-6H3. The number of hydrogen-bond donors (Lipinski definition) is 2. The van der Waals surface area contributed by atoms with Crippen LogP contribution in [0.3, 0.4) is 0 Å². The number of alkyl halides is 1. The zero-order valence-corrected chi connectivity index (χ0v) is 22.2. The van der Waals surface area contributed by atoms with Crippen molar-refractivity contribution in [3.8, 4) is 5.75 Å². The molecular formula is C28H39IO2. The van der Waals surface area contributed by atoms with Crippen molar-refractivity contribution in [3.05, 3.63) is 70.3 Å². The minimum absolute atomic E-state index is 0.128. The Labute approximate surface area is 202 Å². The first-order valence-electron chi connectivity index (χ1n) is 11.7. The Bertz CT molecular complexity index is 896. The largest absolute Gasteiger partial charge is 0.508 e. The SMILES string of the molecule is CCCc1cc(C(CC)(c2ccc(O)c(C)c2)C(C)I)ccc1C=CC(O)(CC)CC. The fourth-order valence-electron chi connectivity index (χ4n) is 4.51. The van der Waals surface area contributed by atoms with Gasteiger partial charge in [-0.1, -0.05) is 106 Å². The van der Waals surface area contributed by atoms with Gasteiger partial charge in [0.25, 0.3) is 0 Å². The Balaban J connectivity index is 2.64. The van der Waals surface area contributed by atoms with Crippen LogP contribution in [-0.2, 0) is 11.8 Å². The lowest BCUT2D eigenvalue weighted by Gasteiger charge is -2.38. The van der Waals surface area contributed by atoms with Gasteiger partial charge in [0.1, 0.15) is 5.75 Å². The molecule has 31 heavy (non-hydrogen) atoms. The summed E-state index contributed by atoms with van der Waals surface area (Å²) in [6.45, 7) is 12.8. The molecule has 0 saturated heterocycles. The summed E-state index contributed by atoms with van der Waals surface area (Å²) in [5, 5.41) is 20.8. The van der Waals surface area contributed by atoms with Gasteiger partial charge in [-0.15, -0.1) is 0 Å². The number of hydrogen-bond acceptors (Lipinski definition) is 2. The van der Waals surface area contributed by atoms with E-state index in [-0.39, 0.29) is 5.41 Å². The Morgan fingerprint density at radius 1 is 0.968 bits per heavy atom. The average Bonchev–Trinajstić information content (AvgIpc) is 2.76. The number of halogens is 1. The van der Waals surface area contributed by atoms with Crippen molar-refractivity contribution in [3.63, 3.8) is 0 Å². The van der Waals surface area contributed by atoms with Crippen molar-refractivity contribution >= 4 is 28.7 Å². The summed E-state index contributed by atoms with van der Waals surface area (Å²) >= 11 is 2.55. The molecule has 2 N–H and O–H groups in total. The second-order valence-corrected chi connectivity index (χ2v) is 10.6. The quantitative estimate of drug-likeness (QED) is 0.242. The summed E-state index contributed by atoms with van der Waals surface area (Å²) in [6, 6.07) is 12.9. The molecule has 2 aromatic carbocycles. The van der Waals surface area contributed by atoms with Crippen LogP contribution >= 0.6 is 22.6 Å². The van der Waals surface area contributed by atoms with E-state index in [4.69, 9.17) is 0 Å². The number of rotatable bonds is 10. The third-order valence-electron chi connectivity index (χ3n) is 6.92. The van der Waals surface area contributed by atoms with E-state index in [1.165, 1.54) is 22.3 Å². The third-order valence-corrected chi connectivity index (χ3v) is 7.99. The minimum atomic E-state index is -0.740. The van der Waals surface area contributed by atoms with E-state index in [0.29, 0.717) is 22.5 Å². The van der Waals surface area contributed by atoms with Crippen LogP contribution in [0, 0.1) is 6.92 Å². The fraction of sp³-hybridized carbons (Fsp3) is 0.500. The van der Waals surface area contributed by atoms with Crippen LogP contribution in [0.4, 0.5) is 0 Å². The van der Waals surface area contributed by atoms with Gasteiger partial charge in [-0.2, -0.15) is 0 Å². The lowest BCUT2D eigenvalue weighted by Crippen LogP contribution is -2.35. The molecular weight excluding hydrogens is 495 g/mol. The molecule has 0 spiro atoms. The van der Waals surface area contributed by atoms with Gasteiger partial charge in [-0.25, -0.2) is 0 Å². The molecule has 3 heteroatoms. The highest BCUT2D eigenvalue weighted by molar-refractivity contribution is 14.1. The highest BCUT2D eigenvalue weighted by atomic mass is 127. The second-order valence-electron chi connectivity index (χ2n) is 8.75. The molecule has 0 aliphatic carbocycles. The first kappa shape index (κ1) is 25.9. The van der Waals surface area contributed by atoms with Crippen LogP contribution in [0.5, 0.6) is 5.75 Å². The zero-order chi connectivity index (χ0) is 23.2. The Hall–Kier alpha value is -1.33. The topological polar surface area (TPSA) is 40.5 Å². The molecule has 0 radical (unpaired) electrons. The molecule has 2 rings (SSSR count). The summed E-state index contributed by atoms with van der Waals surface area (Å²) in [5.41, 5.74) is 5.15.